The highest BCUT2D eigenvalue weighted by Gasteiger charge is 2.11. The van der Waals surface area contributed by atoms with Crippen LogP contribution in [0.4, 0.5) is 4.39 Å². The molecule has 1 fully saturated rings. The maximum absolute atomic E-state index is 12.9. The summed E-state index contributed by atoms with van der Waals surface area (Å²) in [6.45, 7) is 1.96. The van der Waals surface area contributed by atoms with Crippen molar-refractivity contribution < 1.29 is 9.13 Å². The summed E-state index contributed by atoms with van der Waals surface area (Å²) in [7, 11) is 0. The second-order valence-corrected chi connectivity index (χ2v) is 5.48. The van der Waals surface area contributed by atoms with E-state index in [1.165, 1.54) is 44.2 Å². The molecule has 0 radical (unpaired) electrons. The van der Waals surface area contributed by atoms with E-state index in [4.69, 9.17) is 16.3 Å². The van der Waals surface area contributed by atoms with Crippen LogP contribution in [0.2, 0.25) is 5.02 Å². The highest BCUT2D eigenvalue weighted by molar-refractivity contribution is 6.31. The molecule has 0 atom stereocenters. The summed E-state index contributed by atoms with van der Waals surface area (Å²) in [5.74, 6) is -0.312. The molecule has 1 aliphatic carbocycles. The van der Waals surface area contributed by atoms with Crippen molar-refractivity contribution in [2.45, 2.75) is 44.8 Å². The molecule has 0 spiro atoms. The standard InChI is InChI=1S/C15H21ClFNO/c16-15-10-13(17)7-6-12(15)11-19-9-8-18-14-4-2-1-3-5-14/h6-7,10,14,18H,1-5,8-9,11H2. The first-order valence-corrected chi connectivity index (χ1v) is 7.38. The van der Waals surface area contributed by atoms with E-state index in [-0.39, 0.29) is 5.82 Å². The van der Waals surface area contributed by atoms with Gasteiger partial charge in [0.15, 0.2) is 0 Å². The molecule has 19 heavy (non-hydrogen) atoms. The molecule has 1 N–H and O–H groups in total. The van der Waals surface area contributed by atoms with Crippen molar-refractivity contribution in [1.29, 1.82) is 0 Å². The quantitative estimate of drug-likeness (QED) is 0.800. The van der Waals surface area contributed by atoms with Crippen LogP contribution in [0.1, 0.15) is 37.7 Å². The molecule has 0 amide bonds. The Labute approximate surface area is 119 Å². The minimum Gasteiger partial charge on any atom is -0.375 e. The minimum atomic E-state index is -0.312. The molecule has 106 valence electrons. The Hall–Kier alpha value is -0.640. The SMILES string of the molecule is Fc1ccc(COCCNC2CCCCC2)c(Cl)c1. The summed E-state index contributed by atoms with van der Waals surface area (Å²) in [5, 5.41) is 3.94. The van der Waals surface area contributed by atoms with Crippen LogP contribution in [0.5, 0.6) is 0 Å². The molecule has 0 aromatic heterocycles. The van der Waals surface area contributed by atoms with Crippen LogP contribution in [-0.2, 0) is 11.3 Å². The van der Waals surface area contributed by atoms with Gasteiger partial charge in [-0.05, 0) is 30.5 Å². The molecule has 1 aromatic carbocycles. The van der Waals surface area contributed by atoms with E-state index in [9.17, 15) is 4.39 Å². The topological polar surface area (TPSA) is 21.3 Å². The zero-order valence-electron chi connectivity index (χ0n) is 11.1. The van der Waals surface area contributed by atoms with Crippen LogP contribution in [-0.4, -0.2) is 19.2 Å². The monoisotopic (exact) mass is 285 g/mol. The van der Waals surface area contributed by atoms with Crippen LogP contribution in [0.3, 0.4) is 0 Å². The summed E-state index contributed by atoms with van der Waals surface area (Å²) in [6, 6.07) is 5.06. The van der Waals surface area contributed by atoms with E-state index in [1.807, 2.05) is 0 Å². The van der Waals surface area contributed by atoms with Crippen molar-refractivity contribution >= 4 is 11.6 Å². The molecule has 2 rings (SSSR count). The number of halogens is 2. The number of nitrogens with one attached hydrogen (secondary N) is 1. The Morgan fingerprint density at radius 3 is 2.79 bits per heavy atom. The smallest absolute Gasteiger partial charge is 0.124 e. The van der Waals surface area contributed by atoms with Gasteiger partial charge < -0.3 is 10.1 Å². The van der Waals surface area contributed by atoms with Gasteiger partial charge in [-0.3, -0.25) is 0 Å². The zero-order valence-corrected chi connectivity index (χ0v) is 11.9. The lowest BCUT2D eigenvalue weighted by Crippen LogP contribution is -2.33. The van der Waals surface area contributed by atoms with Gasteiger partial charge in [0, 0.05) is 17.6 Å². The summed E-state index contributed by atoms with van der Waals surface area (Å²) >= 11 is 5.93. The molecular formula is C15H21ClFNO. The number of benzene rings is 1. The summed E-state index contributed by atoms with van der Waals surface area (Å²) < 4.78 is 18.4. The van der Waals surface area contributed by atoms with Crippen LogP contribution in [0.15, 0.2) is 18.2 Å². The van der Waals surface area contributed by atoms with E-state index < -0.39 is 0 Å². The normalized spacial score (nSPS) is 16.7. The molecule has 4 heteroatoms. The Bertz CT molecular complexity index is 394. The maximum atomic E-state index is 12.9. The average molecular weight is 286 g/mol. The van der Waals surface area contributed by atoms with E-state index in [0.29, 0.717) is 24.3 Å². The molecule has 0 unspecified atom stereocenters. The van der Waals surface area contributed by atoms with Crippen LogP contribution >= 0.6 is 11.6 Å². The Morgan fingerprint density at radius 1 is 1.26 bits per heavy atom. The summed E-state index contributed by atoms with van der Waals surface area (Å²) in [6.07, 6.45) is 6.61. The van der Waals surface area contributed by atoms with E-state index >= 15 is 0 Å². The first-order valence-electron chi connectivity index (χ1n) is 7.01. The van der Waals surface area contributed by atoms with Gasteiger partial charge in [0.1, 0.15) is 5.82 Å². The van der Waals surface area contributed by atoms with Crippen molar-refractivity contribution in [2.75, 3.05) is 13.2 Å². The van der Waals surface area contributed by atoms with Crippen LogP contribution in [0.25, 0.3) is 0 Å². The van der Waals surface area contributed by atoms with Gasteiger partial charge in [0.2, 0.25) is 0 Å². The third-order valence-corrected chi connectivity index (χ3v) is 3.91. The van der Waals surface area contributed by atoms with Gasteiger partial charge in [-0.2, -0.15) is 0 Å². The second-order valence-electron chi connectivity index (χ2n) is 5.08. The Morgan fingerprint density at radius 2 is 2.05 bits per heavy atom. The van der Waals surface area contributed by atoms with Gasteiger partial charge in [-0.25, -0.2) is 4.39 Å². The number of rotatable bonds is 6. The highest BCUT2D eigenvalue weighted by Crippen LogP contribution is 2.18. The lowest BCUT2D eigenvalue weighted by Gasteiger charge is -2.22. The molecule has 1 aliphatic rings. The van der Waals surface area contributed by atoms with E-state index in [1.54, 1.807) is 6.07 Å². The van der Waals surface area contributed by atoms with E-state index in [0.717, 1.165) is 12.1 Å². The molecule has 1 saturated carbocycles. The third kappa shape index (κ3) is 5.09. The van der Waals surface area contributed by atoms with Crippen molar-refractivity contribution in [2.24, 2.45) is 0 Å². The molecule has 2 nitrogen and oxygen atoms in total. The predicted octanol–water partition coefficient (Wildman–Crippen LogP) is 3.92. The van der Waals surface area contributed by atoms with Gasteiger partial charge in [0.05, 0.1) is 13.2 Å². The average Bonchev–Trinajstić information content (AvgIpc) is 2.42. The van der Waals surface area contributed by atoms with Crippen molar-refractivity contribution in [1.82, 2.24) is 5.32 Å². The molecule has 0 bridgehead atoms. The molecule has 0 heterocycles. The number of hydrogen-bond donors (Lipinski definition) is 1. The van der Waals surface area contributed by atoms with Crippen molar-refractivity contribution in [3.8, 4) is 0 Å². The lowest BCUT2D eigenvalue weighted by atomic mass is 9.96. The first kappa shape index (κ1) is 14.8. The van der Waals surface area contributed by atoms with Gasteiger partial charge >= 0.3 is 0 Å². The van der Waals surface area contributed by atoms with Gasteiger partial charge in [0.25, 0.3) is 0 Å². The predicted molar refractivity (Wildman–Crippen MR) is 75.9 cm³/mol. The van der Waals surface area contributed by atoms with Gasteiger partial charge in [-0.1, -0.05) is 36.9 Å². The number of ether oxygens (including phenoxy) is 1. The molecule has 0 aliphatic heterocycles. The zero-order chi connectivity index (χ0) is 13.5. The second kappa shape index (κ2) is 7.83. The minimum absolute atomic E-state index is 0.312. The molecular weight excluding hydrogens is 265 g/mol. The van der Waals surface area contributed by atoms with Crippen LogP contribution in [0, 0.1) is 5.82 Å². The molecule has 1 aromatic rings. The molecule has 0 saturated heterocycles. The Kier molecular flexibility index (Phi) is 6.08. The van der Waals surface area contributed by atoms with Crippen molar-refractivity contribution in [3.05, 3.63) is 34.6 Å². The van der Waals surface area contributed by atoms with Crippen LogP contribution < -0.4 is 5.32 Å². The van der Waals surface area contributed by atoms with Gasteiger partial charge in [-0.15, -0.1) is 0 Å². The summed E-state index contributed by atoms with van der Waals surface area (Å²) in [4.78, 5) is 0. The number of hydrogen-bond acceptors (Lipinski definition) is 2. The summed E-state index contributed by atoms with van der Waals surface area (Å²) in [5.41, 5.74) is 0.834. The Balaban J connectivity index is 1.61. The third-order valence-electron chi connectivity index (χ3n) is 3.56. The lowest BCUT2D eigenvalue weighted by molar-refractivity contribution is 0.119. The first-order chi connectivity index (χ1) is 9.25. The largest absolute Gasteiger partial charge is 0.375 e. The fourth-order valence-electron chi connectivity index (χ4n) is 2.46. The fraction of sp³-hybridized carbons (Fsp3) is 0.600. The maximum Gasteiger partial charge on any atom is 0.124 e. The highest BCUT2D eigenvalue weighted by atomic mass is 35.5. The van der Waals surface area contributed by atoms with E-state index in [2.05, 4.69) is 5.32 Å². The van der Waals surface area contributed by atoms with Crippen molar-refractivity contribution in [3.63, 3.8) is 0 Å². The fourth-order valence-corrected chi connectivity index (χ4v) is 2.68.